The van der Waals surface area contributed by atoms with Gasteiger partial charge in [0.05, 0.1) is 26.2 Å². The van der Waals surface area contributed by atoms with Crippen molar-refractivity contribution in [2.24, 2.45) is 0 Å². The van der Waals surface area contributed by atoms with Gasteiger partial charge in [-0.2, -0.15) is 0 Å². The van der Waals surface area contributed by atoms with Gasteiger partial charge in [-0.1, -0.05) is 12.8 Å². The van der Waals surface area contributed by atoms with Gasteiger partial charge in [0.2, 0.25) is 0 Å². The van der Waals surface area contributed by atoms with Crippen LogP contribution < -0.4 is 0 Å². The molecule has 0 spiro atoms. The first kappa shape index (κ1) is 26.7. The Bertz CT molecular complexity index is 390. The maximum atomic E-state index is 9.87. The van der Waals surface area contributed by atoms with E-state index in [0.717, 1.165) is 0 Å². The zero-order valence-corrected chi connectivity index (χ0v) is 15.7. The summed E-state index contributed by atoms with van der Waals surface area (Å²) in [5.74, 6) is 0. The summed E-state index contributed by atoms with van der Waals surface area (Å²) in [6, 6.07) is 0. The maximum Gasteiger partial charge on any atom is 0.832 e. The normalized spacial score (nSPS) is 25.0. The third kappa shape index (κ3) is 37.2. The van der Waals surface area contributed by atoms with Crippen LogP contribution >= 0.6 is 15.6 Å². The fourth-order valence-electron chi connectivity index (χ4n) is 2.19. The van der Waals surface area contributed by atoms with Crippen LogP contribution in [0.3, 0.4) is 0 Å². The molecular formula is C11H20F12N2P2. The summed E-state index contributed by atoms with van der Waals surface area (Å²) in [4.78, 5) is 4.77. The number of hydrogen-bond acceptors (Lipinski definition) is 2. The number of piperidine rings is 2. The zero-order valence-electron chi connectivity index (χ0n) is 13.9. The molecule has 0 radical (unpaired) electrons. The van der Waals surface area contributed by atoms with E-state index in [-0.39, 0.29) is 0 Å². The molecule has 2 saturated heterocycles. The standard InChI is InChI=1S/C11H20N2.2F6P/c1-3-7-12(8-4-1)11-13-9-5-2-6-10-13;2*1-7(2,3,4,5)6/h1-10H2;;/q+2;2*-1. The van der Waals surface area contributed by atoms with Crippen LogP contribution in [0, 0.1) is 6.67 Å². The molecule has 2 aliphatic rings. The van der Waals surface area contributed by atoms with Crippen molar-refractivity contribution in [1.29, 1.82) is 0 Å². The molecule has 0 aromatic heterocycles. The predicted molar refractivity (Wildman–Crippen MR) is 81.2 cm³/mol. The number of hydrogen-bond donors (Lipinski definition) is 0. The SMILES string of the molecule is F[P-](F)(F)(F)(F)F.F[P-](F)(F)(F)(F)F.[C+2](N1CCCCC1)N1CCCCC1. The van der Waals surface area contributed by atoms with Gasteiger partial charge < -0.3 is 0 Å². The smallest absolute Gasteiger partial charge is 0.0502 e. The molecule has 2 heterocycles. The Morgan fingerprint density at radius 3 is 0.778 bits per heavy atom. The molecule has 168 valence electrons. The average molecular weight is 470 g/mol. The molecule has 27 heavy (non-hydrogen) atoms. The van der Waals surface area contributed by atoms with E-state index in [1.165, 1.54) is 64.7 Å². The topological polar surface area (TPSA) is 6.48 Å². The van der Waals surface area contributed by atoms with Crippen molar-refractivity contribution >= 4 is 15.6 Å². The van der Waals surface area contributed by atoms with E-state index in [9.17, 15) is 50.4 Å². The van der Waals surface area contributed by atoms with E-state index < -0.39 is 15.6 Å². The molecule has 0 saturated carbocycles. The third-order valence-corrected chi connectivity index (χ3v) is 2.99. The second-order valence-electron chi connectivity index (χ2n) is 6.11. The van der Waals surface area contributed by atoms with E-state index in [1.807, 2.05) is 0 Å². The molecule has 2 nitrogen and oxygen atoms in total. The molecule has 2 fully saturated rings. The van der Waals surface area contributed by atoms with Gasteiger partial charge in [-0.15, -0.1) is 0 Å². The van der Waals surface area contributed by atoms with Crippen molar-refractivity contribution in [1.82, 2.24) is 9.80 Å². The van der Waals surface area contributed by atoms with Crippen LogP contribution in [0.15, 0.2) is 0 Å². The molecule has 16 heteroatoms. The van der Waals surface area contributed by atoms with Crippen LogP contribution in [0.1, 0.15) is 38.5 Å². The Hall–Kier alpha value is -0.280. The number of nitrogens with zero attached hydrogens (tertiary/aromatic N) is 2. The minimum atomic E-state index is -10.7. The van der Waals surface area contributed by atoms with Crippen LogP contribution in [-0.4, -0.2) is 36.0 Å². The van der Waals surface area contributed by atoms with Crippen molar-refractivity contribution in [3.8, 4) is 0 Å². The van der Waals surface area contributed by atoms with E-state index in [4.69, 9.17) is 0 Å². The van der Waals surface area contributed by atoms with Crippen LogP contribution in [0.4, 0.5) is 50.4 Å². The Kier molecular flexibility index (Phi) is 7.13. The summed E-state index contributed by atoms with van der Waals surface area (Å²) in [5.41, 5.74) is 0. The molecule has 0 bridgehead atoms. The van der Waals surface area contributed by atoms with Crippen molar-refractivity contribution < 1.29 is 50.4 Å². The van der Waals surface area contributed by atoms with E-state index in [0.29, 0.717) is 0 Å². The first-order valence-electron chi connectivity index (χ1n) is 7.74. The summed E-state index contributed by atoms with van der Waals surface area (Å²) >= 11 is 0. The van der Waals surface area contributed by atoms with Crippen molar-refractivity contribution in [2.75, 3.05) is 26.2 Å². The van der Waals surface area contributed by atoms with Gasteiger partial charge in [-0.05, 0) is 25.7 Å². The fraction of sp³-hybridized carbons (Fsp3) is 0.909. The summed E-state index contributed by atoms with van der Waals surface area (Å²) in [7, 11) is -21.3. The molecule has 0 amide bonds. The summed E-state index contributed by atoms with van der Waals surface area (Å²) in [6.45, 7) is 8.46. The summed E-state index contributed by atoms with van der Waals surface area (Å²) < 4.78 is 118. The van der Waals surface area contributed by atoms with Gasteiger partial charge in [0, 0.05) is 0 Å². The number of halogens is 12. The molecule has 0 aliphatic carbocycles. The van der Waals surface area contributed by atoms with Crippen LogP contribution in [-0.2, 0) is 0 Å². The quantitative estimate of drug-likeness (QED) is 0.294. The van der Waals surface area contributed by atoms with Crippen molar-refractivity contribution in [2.45, 2.75) is 38.5 Å². The Morgan fingerprint density at radius 1 is 0.407 bits per heavy atom. The maximum absolute atomic E-state index is 10.7. The zero-order chi connectivity index (χ0) is 21.7. The number of likely N-dealkylation sites (tertiary alicyclic amines) is 2. The molecule has 0 atom stereocenters. The molecule has 0 aromatic carbocycles. The van der Waals surface area contributed by atoms with Crippen molar-refractivity contribution in [3.63, 3.8) is 0 Å². The largest absolute Gasteiger partial charge is 0.832 e. The third-order valence-electron chi connectivity index (χ3n) is 2.99. The summed E-state index contributed by atoms with van der Waals surface area (Å²) in [5, 5.41) is 0. The first-order valence-corrected chi connectivity index (χ1v) is 11.8. The molecule has 2 aliphatic heterocycles. The molecular weight excluding hydrogens is 450 g/mol. The van der Waals surface area contributed by atoms with E-state index in [1.54, 1.807) is 0 Å². The van der Waals surface area contributed by atoms with Crippen LogP contribution in [0.5, 0.6) is 0 Å². The van der Waals surface area contributed by atoms with Crippen molar-refractivity contribution in [3.05, 3.63) is 6.67 Å². The van der Waals surface area contributed by atoms with Gasteiger partial charge >= 0.3 is 72.6 Å². The van der Waals surface area contributed by atoms with E-state index in [2.05, 4.69) is 16.5 Å². The minimum Gasteiger partial charge on any atom is -0.0502 e. The predicted octanol–water partition coefficient (Wildman–Crippen LogP) is 8.72. The van der Waals surface area contributed by atoms with Crippen LogP contribution in [0.2, 0.25) is 0 Å². The van der Waals surface area contributed by atoms with Gasteiger partial charge in [0.25, 0.3) is 0 Å². The van der Waals surface area contributed by atoms with Gasteiger partial charge in [0.1, 0.15) is 9.80 Å². The van der Waals surface area contributed by atoms with Gasteiger partial charge in [0.15, 0.2) is 0 Å². The second kappa shape index (κ2) is 7.20. The molecule has 0 aromatic rings. The average Bonchev–Trinajstić information content (AvgIpc) is 2.33. The van der Waals surface area contributed by atoms with Gasteiger partial charge in [-0.25, -0.2) is 0 Å². The summed E-state index contributed by atoms with van der Waals surface area (Å²) in [6.07, 6.45) is 8.28. The minimum absolute atomic E-state index is 1.23. The Labute approximate surface area is 148 Å². The van der Waals surface area contributed by atoms with Crippen LogP contribution in [0.25, 0.3) is 0 Å². The second-order valence-corrected chi connectivity index (χ2v) is 9.95. The Balaban J connectivity index is 0.000000416. The fourth-order valence-corrected chi connectivity index (χ4v) is 2.19. The molecule has 0 N–H and O–H groups in total. The monoisotopic (exact) mass is 470 g/mol. The van der Waals surface area contributed by atoms with E-state index >= 15 is 0 Å². The first-order chi connectivity index (χ1) is 11.3. The number of rotatable bonds is 2. The van der Waals surface area contributed by atoms with Gasteiger partial charge in [-0.3, -0.25) is 0 Å². The molecule has 0 unspecified atom stereocenters. The molecule has 2 rings (SSSR count). The Morgan fingerprint density at radius 2 is 0.593 bits per heavy atom.